The molecule has 27 nitrogen and oxygen atoms in total. The summed E-state index contributed by atoms with van der Waals surface area (Å²) in [6, 6.07) is 25.5. The van der Waals surface area contributed by atoms with E-state index in [4.69, 9.17) is 23.7 Å². The maximum atomic E-state index is 14.5. The van der Waals surface area contributed by atoms with Gasteiger partial charge in [-0.3, -0.25) is 43.3 Å². The number of fused-ring (bicyclic) bond motifs is 9. The molecule has 5 atom stereocenters. The number of ether oxygens (including phenoxy) is 5. The van der Waals surface area contributed by atoms with Gasteiger partial charge >= 0.3 is 6.09 Å². The van der Waals surface area contributed by atoms with Crippen molar-refractivity contribution in [2.75, 3.05) is 63.4 Å². The van der Waals surface area contributed by atoms with Crippen LogP contribution in [0.5, 0.6) is 23.0 Å². The summed E-state index contributed by atoms with van der Waals surface area (Å²) in [6.07, 6.45) is 3.86. The van der Waals surface area contributed by atoms with Crippen LogP contribution in [0.2, 0.25) is 0 Å². The van der Waals surface area contributed by atoms with Crippen molar-refractivity contribution in [3.63, 3.8) is 0 Å². The zero-order chi connectivity index (χ0) is 73.7. The summed E-state index contributed by atoms with van der Waals surface area (Å²) in [6.45, 7) is 13.5. The second kappa shape index (κ2) is 31.3. The van der Waals surface area contributed by atoms with Crippen molar-refractivity contribution in [3.8, 4) is 45.5 Å². The van der Waals surface area contributed by atoms with Crippen LogP contribution in [0.1, 0.15) is 136 Å². The Morgan fingerprint density at radius 2 is 1.35 bits per heavy atom. The lowest BCUT2D eigenvalue weighted by Crippen LogP contribution is -2.54. The van der Waals surface area contributed by atoms with Gasteiger partial charge in [0.2, 0.25) is 29.5 Å². The smallest absolute Gasteiger partial charge is 0.416 e. The molecule has 6 heterocycles. The largest absolute Gasteiger partial charge is 0.493 e. The van der Waals surface area contributed by atoms with Crippen molar-refractivity contribution in [2.45, 2.75) is 148 Å². The van der Waals surface area contributed by atoms with E-state index in [1.165, 1.54) is 33.3 Å². The molecule has 3 fully saturated rings. The summed E-state index contributed by atoms with van der Waals surface area (Å²) in [5.41, 5.74) is 7.79. The number of hydrogen-bond donors (Lipinski definition) is 5. The predicted molar refractivity (Wildman–Crippen MR) is 385 cm³/mol. The number of para-hydroxylation sites is 1. The topological polar surface area (TPSA) is 324 Å². The molecule has 5 N–H and O–H groups in total. The molecule has 0 bridgehead atoms. The number of benzene rings is 5. The highest BCUT2D eigenvalue weighted by molar-refractivity contribution is 6.07. The molecule has 0 radical (unpaired) electrons. The number of carbonyl (C=O) groups is 9. The number of aliphatic hydroxyl groups excluding tert-OH is 1. The first-order valence-corrected chi connectivity index (χ1v) is 35.4. The standard InChI is InChI=1S/C77H88N12O15/c1-44(2)69(82-67(93)39-80-66(92)38-79-65(91)24-25-68(94)86-41-50-16-10-11-17-52(50)70-71(89(45(3)4)84-83-70)53-18-12-13-19-57(53)86)72(95)81-47(6)60(90)31-48-20-22-49(23-21-48)42-104-76(99)88-58-35-64(62(101-8)33-55(58)74(97)87-43-77(26-27-77)36-59(87)75(88)98)103-29-15-9-14-28-102-63-34-56-54(32-61(63)100-7)73(96)85-40-46(5)30-51(85)37-78-56/h10-13,16-23,32-35,37,44-45,47,51,59,69,75,98H,5,9,14-15,24-31,36,38-43H2,1-4,6-8H3,(H,79,91)(H,80,92)(H,81,95)(H,82,93)/t47-,51-,59-,69-,75?/m0/s1. The second-order valence-corrected chi connectivity index (χ2v) is 28.1. The number of aliphatic imine (C=N–C) groups is 1. The van der Waals surface area contributed by atoms with Crippen molar-refractivity contribution < 1.29 is 71.9 Å². The van der Waals surface area contributed by atoms with Gasteiger partial charge in [0.25, 0.3) is 11.8 Å². The van der Waals surface area contributed by atoms with Crippen LogP contribution in [0.15, 0.2) is 114 Å². The van der Waals surface area contributed by atoms with Crippen LogP contribution in [-0.4, -0.2) is 173 Å². The number of nitrogens with one attached hydrogen (secondary N) is 4. The Kier molecular flexibility index (Phi) is 21.9. The van der Waals surface area contributed by atoms with Crippen molar-refractivity contribution in [1.82, 2.24) is 46.1 Å². The fourth-order valence-electron chi connectivity index (χ4n) is 14.0. The Balaban J connectivity index is 0.591. The normalized spacial score (nSPS) is 17.9. The molecule has 1 unspecified atom stereocenters. The first-order valence-electron chi connectivity index (χ1n) is 35.4. The van der Waals surface area contributed by atoms with Gasteiger partial charge in [-0.1, -0.05) is 97.9 Å². The Labute approximate surface area is 602 Å². The zero-order valence-electron chi connectivity index (χ0n) is 59.5. The van der Waals surface area contributed by atoms with Crippen molar-refractivity contribution in [3.05, 3.63) is 137 Å². The molecule has 5 aromatic carbocycles. The molecule has 2 saturated heterocycles. The minimum absolute atomic E-state index is 0.0252. The predicted octanol–water partition coefficient (Wildman–Crippen LogP) is 8.11. The first kappa shape index (κ1) is 72.8. The second-order valence-electron chi connectivity index (χ2n) is 28.1. The third-order valence-electron chi connectivity index (χ3n) is 20.0. The summed E-state index contributed by atoms with van der Waals surface area (Å²) < 4.78 is 31.5. The molecule has 5 aliphatic heterocycles. The zero-order valence-corrected chi connectivity index (χ0v) is 59.5. The summed E-state index contributed by atoms with van der Waals surface area (Å²) >= 11 is 0. The number of anilines is 2. The number of aromatic nitrogens is 3. The molecule has 1 saturated carbocycles. The molecular formula is C77H88N12O15. The average molecular weight is 1420 g/mol. The molecule has 104 heavy (non-hydrogen) atoms. The molecule has 8 amide bonds. The van der Waals surface area contributed by atoms with Gasteiger partial charge in [-0.15, -0.1) is 5.10 Å². The molecule has 6 aliphatic rings. The van der Waals surface area contributed by atoms with Crippen LogP contribution < -0.4 is 50.0 Å². The third kappa shape index (κ3) is 15.8. The van der Waals surface area contributed by atoms with Gasteiger partial charge in [0.1, 0.15) is 18.3 Å². The Morgan fingerprint density at radius 1 is 0.692 bits per heavy atom. The number of rotatable bonds is 27. The summed E-state index contributed by atoms with van der Waals surface area (Å²) in [5.74, 6) is -2.71. The number of ketones is 1. The maximum absolute atomic E-state index is 14.5. The van der Waals surface area contributed by atoms with Gasteiger partial charge in [-0.05, 0) is 112 Å². The number of nitrogens with zero attached hydrogens (tertiary/aromatic N) is 8. The summed E-state index contributed by atoms with van der Waals surface area (Å²) in [4.78, 5) is 133. The lowest BCUT2D eigenvalue weighted by molar-refractivity contribution is -0.132. The molecular weight excluding hydrogens is 1330 g/mol. The lowest BCUT2D eigenvalue weighted by Gasteiger charge is -2.31. The van der Waals surface area contributed by atoms with Crippen LogP contribution in [-0.2, 0) is 53.1 Å². The van der Waals surface area contributed by atoms with E-state index in [0.717, 1.165) is 45.7 Å². The fraction of sp³-hybridized carbons (Fsp3) is 0.429. The molecule has 1 spiro atoms. The van der Waals surface area contributed by atoms with Crippen LogP contribution >= 0.6 is 0 Å². The SMILES string of the molecule is C=C1C[C@H]2C=Nc3cc(OCCCCCOc4cc5c(cc4OC)C(=O)N4CC6(CC6)C[C@H]4C(O)N5C(=O)OCc4ccc(CC(=O)[C@H](C)NC(=O)[C@@H](NC(=O)CNC(=O)CNC(=O)CCC(=O)N5Cc6ccccc6-c6nnn(C(C)C)c6-c6ccccc65)C(C)C)cc4)c(OC)cc3C(=O)N2C1. The van der Waals surface area contributed by atoms with Crippen molar-refractivity contribution in [1.29, 1.82) is 0 Å². The highest BCUT2D eigenvalue weighted by Gasteiger charge is 2.58. The van der Waals surface area contributed by atoms with Gasteiger partial charge < -0.3 is 64.8 Å². The summed E-state index contributed by atoms with van der Waals surface area (Å²) in [7, 11) is 2.98. The number of carbonyl (C=O) groups excluding carboxylic acids is 9. The van der Waals surface area contributed by atoms with Gasteiger partial charge in [0.05, 0.1) is 99.1 Å². The van der Waals surface area contributed by atoms with E-state index in [9.17, 15) is 48.3 Å². The van der Waals surface area contributed by atoms with Crippen LogP contribution in [0, 0.1) is 11.3 Å². The third-order valence-corrected chi connectivity index (χ3v) is 20.0. The number of aliphatic hydroxyl groups is 1. The highest BCUT2D eigenvalue weighted by atomic mass is 16.6. The van der Waals surface area contributed by atoms with E-state index in [2.05, 4.69) is 43.2 Å². The van der Waals surface area contributed by atoms with E-state index in [-0.39, 0.29) is 103 Å². The number of hydrogen-bond acceptors (Lipinski definition) is 18. The van der Waals surface area contributed by atoms with Gasteiger partial charge in [0.15, 0.2) is 35.0 Å². The first-order chi connectivity index (χ1) is 50.0. The van der Waals surface area contributed by atoms with E-state index < -0.39 is 73.1 Å². The molecule has 1 aromatic heterocycles. The van der Waals surface area contributed by atoms with E-state index in [1.54, 1.807) is 71.2 Å². The van der Waals surface area contributed by atoms with Gasteiger partial charge in [-0.25, -0.2) is 14.4 Å². The van der Waals surface area contributed by atoms with E-state index in [1.807, 2.05) is 67.1 Å². The molecule has 1 aliphatic carbocycles. The number of Topliss-reactive ketones (excluding diaryl/α,β-unsaturated/α-hetero) is 1. The van der Waals surface area contributed by atoms with Crippen LogP contribution in [0.3, 0.4) is 0 Å². The van der Waals surface area contributed by atoms with Gasteiger partial charge in [-0.2, -0.15) is 0 Å². The maximum Gasteiger partial charge on any atom is 0.416 e. The molecule has 12 rings (SSSR count). The minimum atomic E-state index is -1.47. The van der Waals surface area contributed by atoms with E-state index in [0.29, 0.717) is 97.1 Å². The molecule has 6 aromatic rings. The Morgan fingerprint density at radius 3 is 2.05 bits per heavy atom. The minimum Gasteiger partial charge on any atom is -0.493 e. The molecule has 27 heteroatoms. The van der Waals surface area contributed by atoms with Crippen LogP contribution in [0.25, 0.3) is 22.5 Å². The monoisotopic (exact) mass is 1420 g/mol. The Hall–Kier alpha value is -11.0. The van der Waals surface area contributed by atoms with Crippen molar-refractivity contribution in [2.24, 2.45) is 16.3 Å². The average Bonchev–Trinajstić information content (AvgIpc) is 1.55. The van der Waals surface area contributed by atoms with Gasteiger partial charge in [0, 0.05) is 67.9 Å². The summed E-state index contributed by atoms with van der Waals surface area (Å²) in [5, 5.41) is 31.5. The highest BCUT2D eigenvalue weighted by Crippen LogP contribution is 2.57. The number of methoxy groups -OCH3 is 2. The lowest BCUT2D eigenvalue weighted by atomic mass is 9.95. The molecule has 546 valence electrons. The van der Waals surface area contributed by atoms with Crippen LogP contribution in [0.4, 0.5) is 21.9 Å². The van der Waals surface area contributed by atoms with E-state index >= 15 is 0 Å². The van der Waals surface area contributed by atoms with Crippen molar-refractivity contribution >= 4 is 76.5 Å². The quantitative estimate of drug-likeness (QED) is 0.0240. The fourth-order valence-corrected chi connectivity index (χ4v) is 14.0. The number of amides is 8. The number of unbranched alkanes of at least 4 members (excludes halogenated alkanes) is 2. The Bertz CT molecular complexity index is 4370.